The van der Waals surface area contributed by atoms with Gasteiger partial charge in [0.05, 0.1) is 28.6 Å². The SMILES string of the molecule is COc1ccc(Oc2cc([N+](=O)[O-])cc(Cl)n2)c(Br)c1. The highest BCUT2D eigenvalue weighted by Gasteiger charge is 2.13. The van der Waals surface area contributed by atoms with Gasteiger partial charge in [0.15, 0.2) is 0 Å². The first-order valence-corrected chi connectivity index (χ1v) is 6.50. The van der Waals surface area contributed by atoms with Gasteiger partial charge in [-0.05, 0) is 34.1 Å². The number of aromatic nitrogens is 1. The molecule has 0 saturated heterocycles. The van der Waals surface area contributed by atoms with Gasteiger partial charge in [-0.2, -0.15) is 0 Å². The molecule has 0 bridgehead atoms. The molecule has 0 aliphatic rings. The Labute approximate surface area is 127 Å². The molecular weight excluding hydrogens is 351 g/mol. The van der Waals surface area contributed by atoms with E-state index in [-0.39, 0.29) is 16.7 Å². The molecule has 0 saturated carbocycles. The Morgan fingerprint density at radius 2 is 2.10 bits per heavy atom. The van der Waals surface area contributed by atoms with E-state index >= 15 is 0 Å². The van der Waals surface area contributed by atoms with Crippen LogP contribution in [0.15, 0.2) is 34.8 Å². The van der Waals surface area contributed by atoms with Gasteiger partial charge in [-0.25, -0.2) is 4.98 Å². The summed E-state index contributed by atoms with van der Waals surface area (Å²) in [6.07, 6.45) is 0. The van der Waals surface area contributed by atoms with Gasteiger partial charge in [0, 0.05) is 0 Å². The van der Waals surface area contributed by atoms with E-state index in [4.69, 9.17) is 21.1 Å². The fourth-order valence-electron chi connectivity index (χ4n) is 1.42. The van der Waals surface area contributed by atoms with Gasteiger partial charge in [-0.3, -0.25) is 10.1 Å². The van der Waals surface area contributed by atoms with Crippen molar-refractivity contribution >= 4 is 33.2 Å². The zero-order valence-electron chi connectivity index (χ0n) is 10.2. The first-order valence-electron chi connectivity index (χ1n) is 5.33. The average Bonchev–Trinajstić information content (AvgIpc) is 2.40. The highest BCUT2D eigenvalue weighted by Crippen LogP contribution is 2.33. The normalized spacial score (nSPS) is 10.2. The van der Waals surface area contributed by atoms with Crippen molar-refractivity contribution in [2.75, 3.05) is 7.11 Å². The summed E-state index contributed by atoms with van der Waals surface area (Å²) in [7, 11) is 1.55. The van der Waals surface area contributed by atoms with Crippen LogP contribution >= 0.6 is 27.5 Å². The lowest BCUT2D eigenvalue weighted by atomic mass is 10.3. The van der Waals surface area contributed by atoms with Crippen LogP contribution in [-0.4, -0.2) is 17.0 Å². The molecule has 1 heterocycles. The van der Waals surface area contributed by atoms with Gasteiger partial charge in [0.2, 0.25) is 5.88 Å². The molecule has 2 rings (SSSR count). The van der Waals surface area contributed by atoms with Gasteiger partial charge in [0.1, 0.15) is 16.7 Å². The van der Waals surface area contributed by atoms with Crippen LogP contribution in [-0.2, 0) is 0 Å². The van der Waals surface area contributed by atoms with Crippen molar-refractivity contribution in [3.8, 4) is 17.4 Å². The number of nitro groups is 1. The number of ether oxygens (including phenoxy) is 2. The Bertz CT molecular complexity index is 666. The summed E-state index contributed by atoms with van der Waals surface area (Å²) in [5, 5.41) is 10.7. The number of pyridine rings is 1. The molecule has 0 N–H and O–H groups in total. The summed E-state index contributed by atoms with van der Waals surface area (Å²) in [6.45, 7) is 0. The minimum atomic E-state index is -0.566. The van der Waals surface area contributed by atoms with Crippen LogP contribution in [0.5, 0.6) is 17.4 Å². The Morgan fingerprint density at radius 3 is 2.70 bits per heavy atom. The molecule has 0 radical (unpaired) electrons. The monoisotopic (exact) mass is 358 g/mol. The molecule has 20 heavy (non-hydrogen) atoms. The fraction of sp³-hybridized carbons (Fsp3) is 0.0833. The third-order valence-corrected chi connectivity index (χ3v) is 3.13. The second kappa shape index (κ2) is 6.06. The van der Waals surface area contributed by atoms with E-state index in [0.29, 0.717) is 16.0 Å². The number of benzene rings is 1. The molecule has 6 nitrogen and oxygen atoms in total. The van der Waals surface area contributed by atoms with E-state index in [2.05, 4.69) is 20.9 Å². The van der Waals surface area contributed by atoms with Crippen LogP contribution in [0.25, 0.3) is 0 Å². The van der Waals surface area contributed by atoms with E-state index in [1.807, 2.05) is 0 Å². The summed E-state index contributed by atoms with van der Waals surface area (Å²) in [5.41, 5.74) is -0.190. The Balaban J connectivity index is 2.32. The Kier molecular flexibility index (Phi) is 4.41. The second-order valence-corrected chi connectivity index (χ2v) is 4.88. The molecule has 0 atom stereocenters. The number of methoxy groups -OCH3 is 1. The highest BCUT2D eigenvalue weighted by molar-refractivity contribution is 9.10. The maximum absolute atomic E-state index is 10.7. The molecular formula is C12H8BrClN2O4. The summed E-state index contributed by atoms with van der Waals surface area (Å²) in [5.74, 6) is 1.12. The van der Waals surface area contributed by atoms with Crippen molar-refractivity contribution < 1.29 is 14.4 Å². The van der Waals surface area contributed by atoms with Crippen molar-refractivity contribution in [1.82, 2.24) is 4.98 Å². The molecule has 104 valence electrons. The zero-order chi connectivity index (χ0) is 14.7. The lowest BCUT2D eigenvalue weighted by molar-refractivity contribution is -0.385. The topological polar surface area (TPSA) is 74.5 Å². The van der Waals surface area contributed by atoms with Crippen LogP contribution in [0.4, 0.5) is 5.69 Å². The summed E-state index contributed by atoms with van der Waals surface area (Å²) in [6, 6.07) is 7.39. The van der Waals surface area contributed by atoms with Crippen molar-refractivity contribution in [1.29, 1.82) is 0 Å². The standard InChI is InChI=1S/C12H8BrClN2O4/c1-19-8-2-3-10(9(13)6-8)20-12-5-7(16(17)18)4-11(14)15-12/h2-6H,1H3. The van der Waals surface area contributed by atoms with E-state index in [1.165, 1.54) is 6.07 Å². The van der Waals surface area contributed by atoms with E-state index in [1.54, 1.807) is 25.3 Å². The molecule has 0 unspecified atom stereocenters. The molecule has 2 aromatic rings. The maximum atomic E-state index is 10.7. The van der Waals surface area contributed by atoms with E-state index in [0.717, 1.165) is 6.07 Å². The van der Waals surface area contributed by atoms with Crippen LogP contribution < -0.4 is 9.47 Å². The third kappa shape index (κ3) is 3.37. The molecule has 8 heteroatoms. The smallest absolute Gasteiger partial charge is 0.277 e. The van der Waals surface area contributed by atoms with Crippen LogP contribution in [0.1, 0.15) is 0 Å². The summed E-state index contributed by atoms with van der Waals surface area (Å²) < 4.78 is 11.2. The lowest BCUT2D eigenvalue weighted by Gasteiger charge is -2.08. The Hall–Kier alpha value is -1.86. The number of rotatable bonds is 4. The first-order chi connectivity index (χ1) is 9.49. The van der Waals surface area contributed by atoms with Crippen molar-refractivity contribution in [2.45, 2.75) is 0 Å². The fourth-order valence-corrected chi connectivity index (χ4v) is 2.06. The van der Waals surface area contributed by atoms with Gasteiger partial charge < -0.3 is 9.47 Å². The molecule has 0 amide bonds. The number of hydrogen-bond donors (Lipinski definition) is 0. The third-order valence-electron chi connectivity index (χ3n) is 2.32. The number of hydrogen-bond acceptors (Lipinski definition) is 5. The average molecular weight is 360 g/mol. The summed E-state index contributed by atoms with van der Waals surface area (Å²) in [4.78, 5) is 14.1. The number of nitrogens with zero attached hydrogens (tertiary/aromatic N) is 2. The van der Waals surface area contributed by atoms with Crippen molar-refractivity contribution in [2.24, 2.45) is 0 Å². The second-order valence-electron chi connectivity index (χ2n) is 3.64. The van der Waals surface area contributed by atoms with Crippen LogP contribution in [0.3, 0.4) is 0 Å². The lowest BCUT2D eigenvalue weighted by Crippen LogP contribution is -1.94. The van der Waals surface area contributed by atoms with Gasteiger partial charge in [-0.15, -0.1) is 0 Å². The summed E-state index contributed by atoms with van der Waals surface area (Å²) >= 11 is 9.03. The van der Waals surface area contributed by atoms with Crippen LogP contribution in [0, 0.1) is 10.1 Å². The van der Waals surface area contributed by atoms with Gasteiger partial charge >= 0.3 is 0 Å². The maximum Gasteiger partial charge on any atom is 0.277 e. The van der Waals surface area contributed by atoms with Crippen molar-refractivity contribution in [3.05, 3.63) is 50.1 Å². The highest BCUT2D eigenvalue weighted by atomic mass is 79.9. The number of halogens is 2. The van der Waals surface area contributed by atoms with Gasteiger partial charge in [0.25, 0.3) is 5.69 Å². The van der Waals surface area contributed by atoms with Gasteiger partial charge in [-0.1, -0.05) is 11.6 Å². The quantitative estimate of drug-likeness (QED) is 0.464. The van der Waals surface area contributed by atoms with E-state index in [9.17, 15) is 10.1 Å². The van der Waals surface area contributed by atoms with E-state index < -0.39 is 4.92 Å². The zero-order valence-corrected chi connectivity index (χ0v) is 12.5. The minimum absolute atomic E-state index is 0.0150. The first kappa shape index (κ1) is 14.5. The molecule has 1 aromatic heterocycles. The predicted octanol–water partition coefficient (Wildman–Crippen LogP) is 4.21. The minimum Gasteiger partial charge on any atom is -0.497 e. The van der Waals surface area contributed by atoms with Crippen LogP contribution in [0.2, 0.25) is 5.15 Å². The predicted molar refractivity (Wildman–Crippen MR) is 76.7 cm³/mol. The molecule has 1 aromatic carbocycles. The van der Waals surface area contributed by atoms with Crippen molar-refractivity contribution in [3.63, 3.8) is 0 Å². The molecule has 0 fully saturated rings. The Morgan fingerprint density at radius 1 is 1.35 bits per heavy atom. The molecule has 0 aliphatic heterocycles. The largest absolute Gasteiger partial charge is 0.497 e. The molecule has 0 aliphatic carbocycles. The molecule has 0 spiro atoms.